The molecule has 2 aliphatic carbocycles. The molecular weight excluding hydrogens is 248 g/mol. The van der Waals surface area contributed by atoms with Crippen LogP contribution in [0, 0.1) is 17.8 Å². The van der Waals surface area contributed by atoms with E-state index < -0.39 is 0 Å². The van der Waals surface area contributed by atoms with E-state index in [4.69, 9.17) is 5.73 Å². The first kappa shape index (κ1) is 14.8. The molecule has 3 N–H and O–H groups in total. The second-order valence-corrected chi connectivity index (χ2v) is 7.66. The number of rotatable bonds is 4. The zero-order valence-electron chi connectivity index (χ0n) is 12.9. The first-order valence-corrected chi connectivity index (χ1v) is 8.83. The molecule has 0 aromatic carbocycles. The quantitative estimate of drug-likeness (QED) is 0.831. The van der Waals surface area contributed by atoms with Gasteiger partial charge in [-0.1, -0.05) is 25.7 Å². The average Bonchev–Trinajstić information content (AvgIpc) is 2.87. The van der Waals surface area contributed by atoms with E-state index in [1.165, 1.54) is 71.0 Å². The van der Waals surface area contributed by atoms with Crippen LogP contribution in [0.15, 0.2) is 0 Å². The predicted molar refractivity (Wildman–Crippen MR) is 82.5 cm³/mol. The Labute approximate surface area is 123 Å². The highest BCUT2D eigenvalue weighted by molar-refractivity contribution is 4.96. The highest BCUT2D eigenvalue weighted by Crippen LogP contribution is 2.38. The zero-order chi connectivity index (χ0) is 14.0. The summed E-state index contributed by atoms with van der Waals surface area (Å²) in [5.74, 6) is 2.54. The van der Waals surface area contributed by atoms with E-state index in [-0.39, 0.29) is 12.1 Å². The Balaban J connectivity index is 1.47. The van der Waals surface area contributed by atoms with E-state index in [2.05, 4.69) is 4.90 Å². The predicted octanol–water partition coefficient (Wildman–Crippen LogP) is 2.38. The van der Waals surface area contributed by atoms with Crippen LogP contribution in [0.4, 0.5) is 0 Å². The number of fused-ring (bicyclic) bond motifs is 1. The minimum atomic E-state index is -0.275. The van der Waals surface area contributed by atoms with Crippen molar-refractivity contribution in [1.82, 2.24) is 4.90 Å². The van der Waals surface area contributed by atoms with Gasteiger partial charge in [0.25, 0.3) is 0 Å². The standard InChI is InChI=1S/C17H32N2O/c18-17(13-20)9-3-6-16(17)8-11-19-10-7-14-4-1-2-5-15(14)12-19/h14-16,20H,1-13,18H2. The summed E-state index contributed by atoms with van der Waals surface area (Å²) in [6.07, 6.45) is 11.9. The zero-order valence-corrected chi connectivity index (χ0v) is 12.9. The van der Waals surface area contributed by atoms with Crippen molar-refractivity contribution < 1.29 is 5.11 Å². The van der Waals surface area contributed by atoms with Crippen LogP contribution >= 0.6 is 0 Å². The Bertz CT molecular complexity index is 322. The smallest absolute Gasteiger partial charge is 0.0613 e. The maximum Gasteiger partial charge on any atom is 0.0613 e. The largest absolute Gasteiger partial charge is 0.394 e. The Morgan fingerprint density at radius 2 is 1.85 bits per heavy atom. The lowest BCUT2D eigenvalue weighted by Crippen LogP contribution is -2.48. The van der Waals surface area contributed by atoms with Gasteiger partial charge in [0.1, 0.15) is 0 Å². The van der Waals surface area contributed by atoms with Gasteiger partial charge in [-0.25, -0.2) is 0 Å². The fourth-order valence-electron chi connectivity index (χ4n) is 5.03. The topological polar surface area (TPSA) is 49.5 Å². The minimum absolute atomic E-state index is 0.169. The first-order valence-electron chi connectivity index (χ1n) is 8.83. The Morgan fingerprint density at radius 1 is 1.05 bits per heavy atom. The van der Waals surface area contributed by atoms with Crippen LogP contribution in [0.3, 0.4) is 0 Å². The van der Waals surface area contributed by atoms with Gasteiger partial charge < -0.3 is 15.7 Å². The number of aliphatic hydroxyl groups is 1. The highest BCUT2D eigenvalue weighted by Gasteiger charge is 2.39. The summed E-state index contributed by atoms with van der Waals surface area (Å²) < 4.78 is 0. The van der Waals surface area contributed by atoms with Crippen molar-refractivity contribution in [3.05, 3.63) is 0 Å². The summed E-state index contributed by atoms with van der Waals surface area (Å²) >= 11 is 0. The van der Waals surface area contributed by atoms with E-state index in [1.807, 2.05) is 0 Å². The molecule has 3 aliphatic rings. The van der Waals surface area contributed by atoms with Gasteiger partial charge in [0.2, 0.25) is 0 Å². The van der Waals surface area contributed by atoms with Crippen LogP contribution in [0.25, 0.3) is 0 Å². The summed E-state index contributed by atoms with van der Waals surface area (Å²) in [5.41, 5.74) is 6.08. The van der Waals surface area contributed by atoms with Crippen molar-refractivity contribution in [3.8, 4) is 0 Å². The molecule has 3 heteroatoms. The van der Waals surface area contributed by atoms with E-state index in [0.29, 0.717) is 5.92 Å². The summed E-state index contributed by atoms with van der Waals surface area (Å²) in [5, 5.41) is 9.55. The number of aliphatic hydroxyl groups excluding tert-OH is 1. The number of hydrogen-bond donors (Lipinski definition) is 2. The van der Waals surface area contributed by atoms with Crippen LogP contribution in [0.2, 0.25) is 0 Å². The molecule has 1 heterocycles. The molecule has 4 atom stereocenters. The molecule has 1 saturated heterocycles. The van der Waals surface area contributed by atoms with Crippen LogP contribution < -0.4 is 5.73 Å². The molecule has 0 amide bonds. The second-order valence-electron chi connectivity index (χ2n) is 7.66. The molecule has 1 aliphatic heterocycles. The Kier molecular flexibility index (Phi) is 4.68. The fraction of sp³-hybridized carbons (Fsp3) is 1.00. The average molecular weight is 280 g/mol. The molecule has 3 fully saturated rings. The number of nitrogens with two attached hydrogens (primary N) is 1. The van der Waals surface area contributed by atoms with Gasteiger partial charge >= 0.3 is 0 Å². The van der Waals surface area contributed by atoms with E-state index in [9.17, 15) is 5.11 Å². The molecule has 3 nitrogen and oxygen atoms in total. The van der Waals surface area contributed by atoms with Gasteiger partial charge in [-0.05, 0) is 62.9 Å². The maximum absolute atomic E-state index is 9.55. The van der Waals surface area contributed by atoms with Gasteiger partial charge in [-0.2, -0.15) is 0 Å². The third kappa shape index (κ3) is 3.05. The SMILES string of the molecule is NC1(CO)CCCC1CCN1CCC2CCCCC2C1. The van der Waals surface area contributed by atoms with Crippen molar-refractivity contribution in [2.45, 2.75) is 63.3 Å². The van der Waals surface area contributed by atoms with E-state index in [0.717, 1.165) is 18.3 Å². The van der Waals surface area contributed by atoms with Crippen molar-refractivity contribution in [1.29, 1.82) is 0 Å². The van der Waals surface area contributed by atoms with Gasteiger partial charge in [0.15, 0.2) is 0 Å². The molecule has 2 saturated carbocycles. The third-order valence-corrected chi connectivity index (χ3v) is 6.47. The molecule has 20 heavy (non-hydrogen) atoms. The molecule has 0 radical (unpaired) electrons. The van der Waals surface area contributed by atoms with Crippen LogP contribution in [0.1, 0.15) is 57.8 Å². The molecule has 0 bridgehead atoms. The van der Waals surface area contributed by atoms with Crippen LogP contribution in [-0.2, 0) is 0 Å². The summed E-state index contributed by atoms with van der Waals surface area (Å²) in [7, 11) is 0. The molecule has 3 rings (SSSR count). The Hall–Kier alpha value is -0.120. The van der Waals surface area contributed by atoms with Crippen molar-refractivity contribution in [2.24, 2.45) is 23.5 Å². The third-order valence-electron chi connectivity index (χ3n) is 6.47. The van der Waals surface area contributed by atoms with Crippen molar-refractivity contribution in [3.63, 3.8) is 0 Å². The number of hydrogen-bond acceptors (Lipinski definition) is 3. The second kappa shape index (κ2) is 6.33. The fourth-order valence-corrected chi connectivity index (χ4v) is 5.03. The minimum Gasteiger partial charge on any atom is -0.394 e. The summed E-state index contributed by atoms with van der Waals surface area (Å²) in [6.45, 7) is 3.99. The maximum atomic E-state index is 9.55. The van der Waals surface area contributed by atoms with Crippen LogP contribution in [0.5, 0.6) is 0 Å². The molecule has 4 unspecified atom stereocenters. The lowest BCUT2D eigenvalue weighted by atomic mass is 9.75. The van der Waals surface area contributed by atoms with Gasteiger partial charge in [-0.3, -0.25) is 0 Å². The first-order chi connectivity index (χ1) is 9.71. The summed E-state index contributed by atoms with van der Waals surface area (Å²) in [4.78, 5) is 2.68. The summed E-state index contributed by atoms with van der Waals surface area (Å²) in [6, 6.07) is 0. The normalized spacial score (nSPS) is 42.6. The van der Waals surface area contributed by atoms with Crippen LogP contribution in [-0.4, -0.2) is 41.8 Å². The monoisotopic (exact) mass is 280 g/mol. The van der Waals surface area contributed by atoms with Gasteiger partial charge in [0, 0.05) is 12.1 Å². The highest BCUT2D eigenvalue weighted by atomic mass is 16.3. The number of piperidine rings is 1. The lowest BCUT2D eigenvalue weighted by molar-refractivity contribution is 0.0760. The molecular formula is C17H32N2O. The van der Waals surface area contributed by atoms with E-state index >= 15 is 0 Å². The van der Waals surface area contributed by atoms with Gasteiger partial charge in [0.05, 0.1) is 6.61 Å². The molecule has 0 aromatic heterocycles. The number of likely N-dealkylation sites (tertiary alicyclic amines) is 1. The molecule has 116 valence electrons. The van der Waals surface area contributed by atoms with Gasteiger partial charge in [-0.15, -0.1) is 0 Å². The Morgan fingerprint density at radius 3 is 2.65 bits per heavy atom. The lowest BCUT2D eigenvalue weighted by Gasteiger charge is -2.42. The van der Waals surface area contributed by atoms with E-state index in [1.54, 1.807) is 0 Å². The molecule has 0 spiro atoms. The molecule has 0 aromatic rings. The number of nitrogens with zero attached hydrogens (tertiary/aromatic N) is 1. The van der Waals surface area contributed by atoms with Crippen molar-refractivity contribution in [2.75, 3.05) is 26.2 Å². The van der Waals surface area contributed by atoms with Crippen molar-refractivity contribution >= 4 is 0 Å².